The van der Waals surface area contributed by atoms with E-state index in [2.05, 4.69) is 17.4 Å². The molecule has 3 aliphatic carbocycles. The largest absolute Gasteiger partial charge is 0.349 e. The lowest BCUT2D eigenvalue weighted by Gasteiger charge is -2.24. The summed E-state index contributed by atoms with van der Waals surface area (Å²) in [7, 11) is 0. The normalized spacial score (nSPS) is 18.1. The van der Waals surface area contributed by atoms with Gasteiger partial charge in [0, 0.05) is 29.8 Å². The maximum atomic E-state index is 13.3. The van der Waals surface area contributed by atoms with Gasteiger partial charge in [0.15, 0.2) is 0 Å². The van der Waals surface area contributed by atoms with Gasteiger partial charge in [-0.25, -0.2) is 0 Å². The molecule has 1 N–H and O–H groups in total. The highest BCUT2D eigenvalue weighted by molar-refractivity contribution is 5.95. The molecular weight excluding hydrogens is 360 g/mol. The summed E-state index contributed by atoms with van der Waals surface area (Å²) >= 11 is 0. The van der Waals surface area contributed by atoms with Crippen LogP contribution in [0.2, 0.25) is 0 Å². The van der Waals surface area contributed by atoms with Gasteiger partial charge in [-0.3, -0.25) is 9.59 Å². The Kier molecular flexibility index (Phi) is 4.86. The van der Waals surface area contributed by atoms with Crippen LogP contribution in [-0.2, 0) is 19.4 Å². The molecule has 2 saturated carbocycles. The van der Waals surface area contributed by atoms with Crippen molar-refractivity contribution in [1.82, 2.24) is 10.2 Å². The van der Waals surface area contributed by atoms with Gasteiger partial charge in [0.05, 0.1) is 0 Å². The Morgan fingerprint density at radius 1 is 0.862 bits per heavy atom. The molecule has 0 bridgehead atoms. The fourth-order valence-electron chi connectivity index (χ4n) is 4.24. The highest BCUT2D eigenvalue weighted by Crippen LogP contribution is 2.31. The molecular formula is C25H28N2O2. The van der Waals surface area contributed by atoms with E-state index in [1.54, 1.807) is 0 Å². The topological polar surface area (TPSA) is 49.4 Å². The molecule has 5 rings (SSSR count). The number of hydrogen-bond donors (Lipinski definition) is 1. The second-order valence-corrected chi connectivity index (χ2v) is 8.80. The summed E-state index contributed by atoms with van der Waals surface area (Å²) in [5, 5.41) is 3.02. The molecule has 4 nitrogen and oxygen atoms in total. The van der Waals surface area contributed by atoms with Gasteiger partial charge in [-0.1, -0.05) is 18.2 Å². The summed E-state index contributed by atoms with van der Waals surface area (Å²) in [6.45, 7) is 0.602. The Bertz CT molecular complexity index is 926. The van der Waals surface area contributed by atoms with Crippen molar-refractivity contribution in [2.24, 2.45) is 0 Å². The maximum absolute atomic E-state index is 13.3. The van der Waals surface area contributed by atoms with E-state index in [1.807, 2.05) is 35.2 Å². The third kappa shape index (κ3) is 4.21. The van der Waals surface area contributed by atoms with Crippen LogP contribution in [-0.4, -0.2) is 28.8 Å². The van der Waals surface area contributed by atoms with Crippen LogP contribution in [0.15, 0.2) is 42.5 Å². The smallest absolute Gasteiger partial charge is 0.254 e. The van der Waals surface area contributed by atoms with Gasteiger partial charge in [-0.05, 0) is 92.3 Å². The number of fused-ring (bicyclic) bond motifs is 1. The molecule has 4 heteroatoms. The van der Waals surface area contributed by atoms with Gasteiger partial charge in [0.25, 0.3) is 11.8 Å². The van der Waals surface area contributed by atoms with Gasteiger partial charge in [-0.2, -0.15) is 0 Å². The number of rotatable bonds is 6. The lowest BCUT2D eigenvalue weighted by atomic mass is 9.90. The summed E-state index contributed by atoms with van der Waals surface area (Å²) in [5.74, 6) is 0.139. The molecule has 2 aromatic rings. The average molecular weight is 389 g/mol. The Morgan fingerprint density at radius 3 is 2.24 bits per heavy atom. The summed E-state index contributed by atoms with van der Waals surface area (Å²) in [5.41, 5.74) is 5.35. The van der Waals surface area contributed by atoms with Crippen LogP contribution in [0.25, 0.3) is 0 Å². The highest BCUT2D eigenvalue weighted by atomic mass is 16.2. The number of nitrogens with zero attached hydrogens (tertiary/aromatic N) is 1. The van der Waals surface area contributed by atoms with Crippen molar-refractivity contribution in [3.05, 3.63) is 70.3 Å². The Balaban J connectivity index is 1.30. The first-order valence-electron chi connectivity index (χ1n) is 11.0. The second kappa shape index (κ2) is 7.66. The monoisotopic (exact) mass is 388 g/mol. The number of nitrogens with one attached hydrogen (secondary N) is 1. The van der Waals surface area contributed by atoms with E-state index < -0.39 is 0 Å². The van der Waals surface area contributed by atoms with Crippen molar-refractivity contribution >= 4 is 11.8 Å². The molecule has 0 radical (unpaired) electrons. The molecule has 0 spiro atoms. The van der Waals surface area contributed by atoms with E-state index in [4.69, 9.17) is 0 Å². The van der Waals surface area contributed by atoms with Crippen LogP contribution < -0.4 is 5.32 Å². The summed E-state index contributed by atoms with van der Waals surface area (Å²) in [6, 6.07) is 14.7. The van der Waals surface area contributed by atoms with Crippen LogP contribution in [0.4, 0.5) is 0 Å². The predicted molar refractivity (Wildman–Crippen MR) is 113 cm³/mol. The fourth-order valence-corrected chi connectivity index (χ4v) is 4.24. The molecule has 2 aromatic carbocycles. The molecule has 2 fully saturated rings. The number of carbonyl (C=O) groups is 2. The van der Waals surface area contributed by atoms with Crippen LogP contribution >= 0.6 is 0 Å². The minimum Gasteiger partial charge on any atom is -0.349 e. The molecule has 0 aliphatic heterocycles. The first-order valence-corrected chi connectivity index (χ1v) is 11.0. The summed E-state index contributed by atoms with van der Waals surface area (Å²) in [4.78, 5) is 27.5. The van der Waals surface area contributed by atoms with E-state index in [0.717, 1.165) is 49.7 Å². The lowest BCUT2D eigenvalue weighted by Crippen LogP contribution is -2.32. The molecule has 0 saturated heterocycles. The first-order chi connectivity index (χ1) is 14.2. The number of aryl methyl sites for hydroxylation is 2. The zero-order valence-corrected chi connectivity index (χ0v) is 16.8. The van der Waals surface area contributed by atoms with Crippen LogP contribution in [0, 0.1) is 0 Å². The maximum Gasteiger partial charge on any atom is 0.254 e. The third-order valence-electron chi connectivity index (χ3n) is 6.33. The van der Waals surface area contributed by atoms with Crippen molar-refractivity contribution in [3.63, 3.8) is 0 Å². The number of carbonyl (C=O) groups excluding carboxylic acids is 2. The van der Waals surface area contributed by atoms with Crippen LogP contribution in [0.3, 0.4) is 0 Å². The van der Waals surface area contributed by atoms with Gasteiger partial charge in [-0.15, -0.1) is 0 Å². The van der Waals surface area contributed by atoms with Crippen molar-refractivity contribution in [3.8, 4) is 0 Å². The Labute approximate surface area is 172 Å². The minimum absolute atomic E-state index is 0.00300. The number of amides is 2. The molecule has 0 unspecified atom stereocenters. The Hall–Kier alpha value is -2.62. The Morgan fingerprint density at radius 2 is 1.55 bits per heavy atom. The molecule has 2 amide bonds. The average Bonchev–Trinajstić information content (AvgIpc) is 3.67. The SMILES string of the molecule is O=C(NC1CC1)c1ccc(CN(C(=O)c2ccc3c(c2)CCCC3)C2CC2)cc1. The van der Waals surface area contributed by atoms with Crippen LogP contribution in [0.5, 0.6) is 0 Å². The van der Waals surface area contributed by atoms with E-state index in [-0.39, 0.29) is 11.8 Å². The second-order valence-electron chi connectivity index (χ2n) is 8.80. The fraction of sp³-hybridized carbons (Fsp3) is 0.440. The summed E-state index contributed by atoms with van der Waals surface area (Å²) in [6.07, 6.45) is 9.04. The third-order valence-corrected chi connectivity index (χ3v) is 6.33. The van der Waals surface area contributed by atoms with E-state index in [1.165, 1.54) is 24.0 Å². The first kappa shape index (κ1) is 18.4. The van der Waals surface area contributed by atoms with E-state index in [0.29, 0.717) is 24.2 Å². The molecule has 150 valence electrons. The minimum atomic E-state index is 0.00300. The molecule has 0 aromatic heterocycles. The van der Waals surface area contributed by atoms with Crippen molar-refractivity contribution in [1.29, 1.82) is 0 Å². The van der Waals surface area contributed by atoms with Gasteiger partial charge in [0.2, 0.25) is 0 Å². The number of benzene rings is 2. The van der Waals surface area contributed by atoms with Crippen LogP contribution in [0.1, 0.15) is 75.9 Å². The standard InChI is InChI=1S/C25H28N2O2/c28-24(26-22-11-12-22)19-7-5-17(6-8-19)16-27(23-13-14-23)25(29)21-10-9-18-3-1-2-4-20(18)15-21/h5-10,15,22-23H,1-4,11-14,16H2,(H,26,28). The molecule has 29 heavy (non-hydrogen) atoms. The molecule has 0 heterocycles. The van der Waals surface area contributed by atoms with E-state index in [9.17, 15) is 9.59 Å². The van der Waals surface area contributed by atoms with Crippen molar-refractivity contribution in [2.75, 3.05) is 0 Å². The lowest BCUT2D eigenvalue weighted by molar-refractivity contribution is 0.0729. The summed E-state index contributed by atoms with van der Waals surface area (Å²) < 4.78 is 0. The molecule has 0 atom stereocenters. The van der Waals surface area contributed by atoms with Crippen molar-refractivity contribution < 1.29 is 9.59 Å². The molecule has 3 aliphatic rings. The van der Waals surface area contributed by atoms with E-state index >= 15 is 0 Å². The predicted octanol–water partition coefficient (Wildman–Crippen LogP) is 4.26. The van der Waals surface area contributed by atoms with Gasteiger partial charge >= 0.3 is 0 Å². The van der Waals surface area contributed by atoms with Crippen molar-refractivity contribution in [2.45, 2.75) is 70.0 Å². The zero-order chi connectivity index (χ0) is 19.8. The van der Waals surface area contributed by atoms with Gasteiger partial charge < -0.3 is 10.2 Å². The zero-order valence-electron chi connectivity index (χ0n) is 16.8. The van der Waals surface area contributed by atoms with Gasteiger partial charge in [0.1, 0.15) is 0 Å². The highest BCUT2D eigenvalue weighted by Gasteiger charge is 2.33. The quantitative estimate of drug-likeness (QED) is 0.804. The number of hydrogen-bond acceptors (Lipinski definition) is 2.